The summed E-state index contributed by atoms with van der Waals surface area (Å²) in [5.41, 5.74) is -0.932. The smallest absolute Gasteiger partial charge is 0.265 e. The third kappa shape index (κ3) is 1.38. The van der Waals surface area contributed by atoms with Crippen molar-refractivity contribution in [3.05, 3.63) is 32.1 Å². The van der Waals surface area contributed by atoms with Gasteiger partial charge in [0.05, 0.1) is 5.69 Å². The second-order valence-electron chi connectivity index (χ2n) is 3.87. The molecule has 1 aromatic heterocycles. The Bertz CT molecular complexity index is 713. The minimum absolute atomic E-state index is 0.225. The Morgan fingerprint density at radius 1 is 1.00 bits per heavy atom. The van der Waals surface area contributed by atoms with Crippen LogP contribution in [-0.2, 0) is 23.2 Å². The first-order chi connectivity index (χ1) is 7.99. The molecule has 0 amide bonds. The van der Waals surface area contributed by atoms with Crippen LogP contribution >= 0.6 is 0 Å². The van der Waals surface area contributed by atoms with Gasteiger partial charge in [-0.05, 0) is 25.7 Å². The molecule has 17 heavy (non-hydrogen) atoms. The first kappa shape index (κ1) is 10.4. The predicted molar refractivity (Wildman–Crippen MR) is 53.7 cm³/mol. The van der Waals surface area contributed by atoms with Gasteiger partial charge in [0.25, 0.3) is 5.56 Å². The van der Waals surface area contributed by atoms with Crippen LogP contribution in [-0.4, -0.2) is 17.9 Å². The monoisotopic (exact) mass is 260 g/mol. The van der Waals surface area contributed by atoms with E-state index in [9.17, 15) is 18.0 Å². The number of aromatic nitrogens is 2. The Hall–Kier alpha value is -1.77. The molecule has 9 heteroatoms. The van der Waals surface area contributed by atoms with Crippen LogP contribution in [0.1, 0.15) is 24.1 Å². The van der Waals surface area contributed by atoms with Gasteiger partial charge in [-0.25, -0.2) is 9.08 Å². The Kier molecular flexibility index (Phi) is 1.91. The van der Waals surface area contributed by atoms with Crippen LogP contribution in [0.3, 0.4) is 0 Å². The lowest BCUT2D eigenvalue weighted by Crippen LogP contribution is -2.56. The van der Waals surface area contributed by atoms with E-state index in [0.29, 0.717) is 28.8 Å². The van der Waals surface area contributed by atoms with Crippen molar-refractivity contribution in [3.63, 3.8) is 0 Å². The molecule has 1 aliphatic carbocycles. The van der Waals surface area contributed by atoms with Gasteiger partial charge >= 0.3 is 16.1 Å². The van der Waals surface area contributed by atoms with Gasteiger partial charge in [0.15, 0.2) is 0 Å². The van der Waals surface area contributed by atoms with E-state index in [0.717, 1.165) is 12.8 Å². The Morgan fingerprint density at radius 3 is 2.41 bits per heavy atom. The molecule has 2 heterocycles. The van der Waals surface area contributed by atoms with Gasteiger partial charge in [-0.3, -0.25) is 9.08 Å². The highest BCUT2D eigenvalue weighted by molar-refractivity contribution is 7.82. The van der Waals surface area contributed by atoms with Crippen LogP contribution in [0.5, 0.6) is 0 Å². The van der Waals surface area contributed by atoms with Crippen LogP contribution in [0.15, 0.2) is 9.59 Å². The summed E-state index contributed by atoms with van der Waals surface area (Å²) in [6.07, 6.45) is 2.52. The Balaban J connectivity index is 2.42. The largest absolute Gasteiger partial charge is 0.540 e. The van der Waals surface area contributed by atoms with Crippen molar-refractivity contribution in [2.45, 2.75) is 25.7 Å². The van der Waals surface area contributed by atoms with Crippen LogP contribution in [0.25, 0.3) is 0 Å². The first-order valence-electron chi connectivity index (χ1n) is 5.04. The standard InChI is InChI=1S/C8H8N2O6S/c11-7-5-3-1-2-4-6(5)9-8(12)10(7)16-17(13,14)15-9/h1-4H2. The minimum Gasteiger partial charge on any atom is -0.265 e. The molecule has 92 valence electrons. The molecule has 0 saturated carbocycles. The molecular weight excluding hydrogens is 252 g/mol. The molecule has 3 rings (SSSR count). The summed E-state index contributed by atoms with van der Waals surface area (Å²) in [5, 5.41) is 0. The van der Waals surface area contributed by atoms with Gasteiger partial charge in [0, 0.05) is 5.56 Å². The second kappa shape index (κ2) is 3.13. The van der Waals surface area contributed by atoms with Gasteiger partial charge in [0.2, 0.25) is 0 Å². The van der Waals surface area contributed by atoms with E-state index < -0.39 is 21.6 Å². The summed E-state index contributed by atoms with van der Waals surface area (Å²) in [6, 6.07) is 0. The van der Waals surface area contributed by atoms with Crippen LogP contribution in [0.2, 0.25) is 0 Å². The average Bonchev–Trinajstić information content (AvgIpc) is 2.29. The van der Waals surface area contributed by atoms with Crippen molar-refractivity contribution in [3.8, 4) is 0 Å². The van der Waals surface area contributed by atoms with Crippen molar-refractivity contribution in [1.29, 1.82) is 0 Å². The number of rotatable bonds is 0. The molecule has 0 unspecified atom stereocenters. The molecule has 0 fully saturated rings. The van der Waals surface area contributed by atoms with Gasteiger partial charge in [0.1, 0.15) is 0 Å². The highest BCUT2D eigenvalue weighted by Crippen LogP contribution is 2.17. The molecule has 0 saturated heterocycles. The van der Waals surface area contributed by atoms with E-state index >= 15 is 0 Å². The van der Waals surface area contributed by atoms with Crippen molar-refractivity contribution in [2.24, 2.45) is 0 Å². The van der Waals surface area contributed by atoms with Crippen LogP contribution in [0.4, 0.5) is 0 Å². The van der Waals surface area contributed by atoms with Gasteiger partial charge < -0.3 is 0 Å². The van der Waals surface area contributed by atoms with E-state index in [2.05, 4.69) is 8.57 Å². The van der Waals surface area contributed by atoms with Crippen molar-refractivity contribution >= 4 is 10.4 Å². The summed E-state index contributed by atoms with van der Waals surface area (Å²) in [4.78, 5) is 23.5. The molecule has 0 aromatic carbocycles. The Labute approximate surface area is 95.2 Å². The fourth-order valence-electron chi connectivity index (χ4n) is 2.09. The van der Waals surface area contributed by atoms with Gasteiger partial charge in [-0.15, -0.1) is 13.1 Å². The fourth-order valence-corrected chi connectivity index (χ4v) is 2.77. The molecule has 0 N–H and O–H groups in total. The maximum Gasteiger partial charge on any atom is 0.540 e. The predicted octanol–water partition coefficient (Wildman–Crippen LogP) is -2.00. The lowest BCUT2D eigenvalue weighted by Gasteiger charge is -2.23. The summed E-state index contributed by atoms with van der Waals surface area (Å²) in [7, 11) is -4.38. The zero-order valence-electron chi connectivity index (χ0n) is 8.58. The normalized spacial score (nSPS) is 20.0. The average molecular weight is 260 g/mol. The molecule has 0 radical (unpaired) electrons. The van der Waals surface area contributed by atoms with E-state index in [1.807, 2.05) is 0 Å². The second-order valence-corrected chi connectivity index (χ2v) is 4.98. The van der Waals surface area contributed by atoms with Crippen LogP contribution in [0, 0.1) is 0 Å². The molecule has 8 nitrogen and oxygen atoms in total. The molecule has 2 aliphatic rings. The zero-order valence-corrected chi connectivity index (χ0v) is 9.40. The van der Waals surface area contributed by atoms with Crippen molar-refractivity contribution in [1.82, 2.24) is 9.46 Å². The summed E-state index contributed by atoms with van der Waals surface area (Å²) < 4.78 is 31.9. The topological polar surface area (TPSA) is 96.6 Å². The molecule has 1 aromatic rings. The SMILES string of the molecule is O=c1c2c(n3c(=O)n1OS(=O)(=O)O3)CCCC2. The van der Waals surface area contributed by atoms with Crippen molar-refractivity contribution in [2.75, 3.05) is 0 Å². The highest BCUT2D eigenvalue weighted by atomic mass is 32.3. The summed E-state index contributed by atoms with van der Waals surface area (Å²) in [6.45, 7) is 0. The maximum absolute atomic E-state index is 11.8. The molecule has 0 atom stereocenters. The lowest BCUT2D eigenvalue weighted by atomic mass is 9.97. The molecule has 0 spiro atoms. The first-order valence-corrected chi connectivity index (χ1v) is 6.37. The van der Waals surface area contributed by atoms with E-state index in [-0.39, 0.29) is 4.73 Å². The quantitative estimate of drug-likeness (QED) is 0.535. The molecule has 2 bridgehead atoms. The van der Waals surface area contributed by atoms with E-state index in [1.165, 1.54) is 0 Å². The summed E-state index contributed by atoms with van der Waals surface area (Å²) in [5.74, 6) is 0. The number of fused-ring (bicyclic) bond motifs is 4. The van der Waals surface area contributed by atoms with E-state index in [1.54, 1.807) is 0 Å². The van der Waals surface area contributed by atoms with E-state index in [4.69, 9.17) is 0 Å². The minimum atomic E-state index is -4.38. The zero-order chi connectivity index (χ0) is 12.2. The summed E-state index contributed by atoms with van der Waals surface area (Å²) >= 11 is 0. The number of nitrogens with zero attached hydrogens (tertiary/aromatic N) is 2. The fraction of sp³-hybridized carbons (Fsp3) is 0.500. The molecule has 1 aliphatic heterocycles. The van der Waals surface area contributed by atoms with Gasteiger partial charge in [-0.1, -0.05) is 4.73 Å². The lowest BCUT2D eigenvalue weighted by molar-refractivity contribution is 0.101. The number of hydrogen-bond acceptors (Lipinski definition) is 6. The van der Waals surface area contributed by atoms with Crippen molar-refractivity contribution < 1.29 is 17.0 Å². The number of hydrogen-bond donors (Lipinski definition) is 0. The van der Waals surface area contributed by atoms with Crippen LogP contribution < -0.4 is 19.8 Å². The third-order valence-electron chi connectivity index (χ3n) is 2.81. The Morgan fingerprint density at radius 2 is 1.65 bits per heavy atom. The molecular formula is C8H8N2O6S. The maximum atomic E-state index is 11.8. The highest BCUT2D eigenvalue weighted by Gasteiger charge is 2.33. The third-order valence-corrected chi connectivity index (χ3v) is 3.47. The van der Waals surface area contributed by atoms with Gasteiger partial charge in [-0.2, -0.15) is 0 Å².